The molecule has 2 amide bonds. The Morgan fingerprint density at radius 2 is 1.67 bits per heavy atom. The van der Waals surface area contributed by atoms with E-state index in [1.54, 1.807) is 49.4 Å². The molecule has 0 aliphatic heterocycles. The fraction of sp³-hybridized carbons (Fsp3) is 0.364. The minimum atomic E-state index is -0.796. The van der Waals surface area contributed by atoms with E-state index >= 15 is 0 Å². The highest BCUT2D eigenvalue weighted by molar-refractivity contribution is 6.31. The van der Waals surface area contributed by atoms with Crippen molar-refractivity contribution in [3.8, 4) is 0 Å². The number of amides is 2. The standard InChI is InChI=1S/C22H26ClN3O4/c1-15(21(28)24-22(2,3)4)25(14-17-10-5-7-11-18(17)23)20(27)13-16-9-6-8-12-19(16)26(29)30/h5-12,15H,13-14H2,1-4H3,(H,24,28). The summed E-state index contributed by atoms with van der Waals surface area (Å²) in [4.78, 5) is 38.1. The van der Waals surface area contributed by atoms with Crippen LogP contribution in [-0.4, -0.2) is 33.2 Å². The fourth-order valence-corrected chi connectivity index (χ4v) is 3.17. The van der Waals surface area contributed by atoms with Crippen molar-refractivity contribution in [3.63, 3.8) is 0 Å². The average molecular weight is 432 g/mol. The second-order valence-electron chi connectivity index (χ2n) is 8.09. The van der Waals surface area contributed by atoms with Crippen molar-refractivity contribution in [3.05, 3.63) is 74.8 Å². The Morgan fingerprint density at radius 3 is 2.23 bits per heavy atom. The third-order valence-electron chi connectivity index (χ3n) is 4.49. The highest BCUT2D eigenvalue weighted by Crippen LogP contribution is 2.22. The molecule has 0 heterocycles. The highest BCUT2D eigenvalue weighted by atomic mass is 35.5. The molecule has 1 unspecified atom stereocenters. The number of halogens is 1. The fourth-order valence-electron chi connectivity index (χ4n) is 2.97. The van der Waals surface area contributed by atoms with E-state index in [-0.39, 0.29) is 24.6 Å². The predicted octanol–water partition coefficient (Wildman–Crippen LogP) is 4.12. The van der Waals surface area contributed by atoms with Gasteiger partial charge in [0.25, 0.3) is 5.69 Å². The molecule has 0 aromatic heterocycles. The molecular weight excluding hydrogens is 406 g/mol. The van der Waals surface area contributed by atoms with Gasteiger partial charge in [0.05, 0.1) is 11.3 Å². The van der Waals surface area contributed by atoms with Crippen LogP contribution in [0.4, 0.5) is 5.69 Å². The number of benzene rings is 2. The number of nitro groups is 1. The second kappa shape index (κ2) is 9.71. The first-order valence-electron chi connectivity index (χ1n) is 9.57. The number of carbonyl (C=O) groups excluding carboxylic acids is 2. The van der Waals surface area contributed by atoms with Gasteiger partial charge in [0.15, 0.2) is 0 Å². The van der Waals surface area contributed by atoms with Crippen molar-refractivity contribution in [1.29, 1.82) is 0 Å². The Hall–Kier alpha value is -2.93. The zero-order valence-corrected chi connectivity index (χ0v) is 18.3. The molecule has 0 radical (unpaired) electrons. The Bertz CT molecular complexity index is 940. The van der Waals surface area contributed by atoms with Gasteiger partial charge in [-0.05, 0) is 39.3 Å². The summed E-state index contributed by atoms with van der Waals surface area (Å²) >= 11 is 6.26. The van der Waals surface area contributed by atoms with Gasteiger partial charge < -0.3 is 10.2 Å². The number of carbonyl (C=O) groups is 2. The molecule has 1 atom stereocenters. The number of hydrogen-bond donors (Lipinski definition) is 1. The SMILES string of the molecule is CC(C(=O)NC(C)(C)C)N(Cc1ccccc1Cl)C(=O)Cc1ccccc1[N+](=O)[O-]. The van der Waals surface area contributed by atoms with Crippen molar-refractivity contribution >= 4 is 29.1 Å². The normalized spacial score (nSPS) is 12.2. The molecule has 0 aliphatic rings. The van der Waals surface area contributed by atoms with Crippen molar-refractivity contribution in [2.24, 2.45) is 0 Å². The molecule has 0 aliphatic carbocycles. The van der Waals surface area contributed by atoms with E-state index in [0.29, 0.717) is 16.1 Å². The van der Waals surface area contributed by atoms with Crippen LogP contribution in [0.5, 0.6) is 0 Å². The van der Waals surface area contributed by atoms with Crippen LogP contribution in [-0.2, 0) is 22.6 Å². The average Bonchev–Trinajstić information content (AvgIpc) is 2.65. The molecule has 1 N–H and O–H groups in total. The van der Waals surface area contributed by atoms with Crippen LogP contribution in [0.25, 0.3) is 0 Å². The number of nitro benzene ring substituents is 1. The summed E-state index contributed by atoms with van der Waals surface area (Å²) in [6.07, 6.45) is -0.200. The van der Waals surface area contributed by atoms with E-state index in [1.807, 2.05) is 20.8 Å². The summed E-state index contributed by atoms with van der Waals surface area (Å²) in [7, 11) is 0. The zero-order valence-electron chi connectivity index (χ0n) is 17.5. The molecule has 8 heteroatoms. The lowest BCUT2D eigenvalue weighted by Crippen LogP contribution is -2.52. The van der Waals surface area contributed by atoms with Crippen molar-refractivity contribution in [2.45, 2.75) is 52.2 Å². The van der Waals surface area contributed by atoms with E-state index in [1.165, 1.54) is 11.0 Å². The quantitative estimate of drug-likeness (QED) is 0.527. The van der Waals surface area contributed by atoms with Gasteiger partial charge in [-0.15, -0.1) is 0 Å². The Kier molecular flexibility index (Phi) is 7.56. The molecule has 0 spiro atoms. The number of para-hydroxylation sites is 1. The first-order chi connectivity index (χ1) is 14.0. The molecule has 0 saturated carbocycles. The lowest BCUT2D eigenvalue weighted by molar-refractivity contribution is -0.385. The second-order valence-corrected chi connectivity index (χ2v) is 8.50. The number of nitrogens with one attached hydrogen (secondary N) is 1. The summed E-state index contributed by atoms with van der Waals surface area (Å²) in [6, 6.07) is 12.4. The van der Waals surface area contributed by atoms with Crippen molar-refractivity contribution in [1.82, 2.24) is 10.2 Å². The van der Waals surface area contributed by atoms with Crippen LogP contribution < -0.4 is 5.32 Å². The van der Waals surface area contributed by atoms with Gasteiger partial charge in [0, 0.05) is 28.7 Å². The van der Waals surface area contributed by atoms with Crippen LogP contribution in [0.15, 0.2) is 48.5 Å². The molecule has 2 aromatic carbocycles. The Morgan fingerprint density at radius 1 is 1.10 bits per heavy atom. The smallest absolute Gasteiger partial charge is 0.273 e. The maximum Gasteiger partial charge on any atom is 0.273 e. The van der Waals surface area contributed by atoms with Gasteiger partial charge in [0.2, 0.25) is 11.8 Å². The number of nitrogens with zero attached hydrogens (tertiary/aromatic N) is 2. The van der Waals surface area contributed by atoms with Crippen LogP contribution in [0, 0.1) is 10.1 Å². The molecule has 0 fully saturated rings. The predicted molar refractivity (Wildman–Crippen MR) is 116 cm³/mol. The van der Waals surface area contributed by atoms with Gasteiger partial charge in [-0.1, -0.05) is 48.0 Å². The zero-order chi connectivity index (χ0) is 22.5. The largest absolute Gasteiger partial charge is 0.350 e. The topological polar surface area (TPSA) is 92.6 Å². The maximum absolute atomic E-state index is 13.2. The Balaban J connectivity index is 2.35. The van der Waals surface area contributed by atoms with Gasteiger partial charge in [-0.2, -0.15) is 0 Å². The molecular formula is C22H26ClN3O4. The van der Waals surface area contributed by atoms with Gasteiger partial charge in [0.1, 0.15) is 6.04 Å². The lowest BCUT2D eigenvalue weighted by Gasteiger charge is -2.31. The first kappa shape index (κ1) is 23.3. The van der Waals surface area contributed by atoms with Gasteiger partial charge in [-0.3, -0.25) is 19.7 Å². The summed E-state index contributed by atoms with van der Waals surface area (Å²) in [5.74, 6) is -0.716. The van der Waals surface area contributed by atoms with E-state index in [9.17, 15) is 19.7 Å². The van der Waals surface area contributed by atoms with Crippen LogP contribution >= 0.6 is 11.6 Å². The molecule has 30 heavy (non-hydrogen) atoms. The van der Waals surface area contributed by atoms with E-state index in [0.717, 1.165) is 0 Å². The summed E-state index contributed by atoms with van der Waals surface area (Å²) in [5.41, 5.74) is 0.378. The lowest BCUT2D eigenvalue weighted by atomic mass is 10.1. The van der Waals surface area contributed by atoms with E-state index in [2.05, 4.69) is 5.32 Å². The molecule has 2 rings (SSSR count). The minimum Gasteiger partial charge on any atom is -0.350 e. The molecule has 0 bridgehead atoms. The van der Waals surface area contributed by atoms with E-state index in [4.69, 9.17) is 11.6 Å². The third kappa shape index (κ3) is 6.29. The summed E-state index contributed by atoms with van der Waals surface area (Å²) in [6.45, 7) is 7.30. The van der Waals surface area contributed by atoms with Gasteiger partial charge in [-0.25, -0.2) is 0 Å². The van der Waals surface area contributed by atoms with Crippen LogP contribution in [0.3, 0.4) is 0 Å². The number of hydrogen-bond acceptors (Lipinski definition) is 4. The van der Waals surface area contributed by atoms with Crippen molar-refractivity contribution in [2.75, 3.05) is 0 Å². The van der Waals surface area contributed by atoms with E-state index < -0.39 is 22.4 Å². The Labute approximate surface area is 181 Å². The van der Waals surface area contributed by atoms with Crippen LogP contribution in [0.2, 0.25) is 5.02 Å². The van der Waals surface area contributed by atoms with Gasteiger partial charge >= 0.3 is 0 Å². The van der Waals surface area contributed by atoms with Crippen molar-refractivity contribution < 1.29 is 14.5 Å². The molecule has 7 nitrogen and oxygen atoms in total. The molecule has 160 valence electrons. The maximum atomic E-state index is 13.2. The summed E-state index contributed by atoms with van der Waals surface area (Å²) < 4.78 is 0. The molecule has 0 saturated heterocycles. The minimum absolute atomic E-state index is 0.109. The number of rotatable bonds is 7. The van der Waals surface area contributed by atoms with Crippen LogP contribution in [0.1, 0.15) is 38.8 Å². The first-order valence-corrected chi connectivity index (χ1v) is 9.94. The molecule has 2 aromatic rings. The monoisotopic (exact) mass is 431 g/mol. The highest BCUT2D eigenvalue weighted by Gasteiger charge is 2.30. The third-order valence-corrected chi connectivity index (χ3v) is 4.86. The summed E-state index contributed by atoms with van der Waals surface area (Å²) in [5, 5.41) is 14.7.